The van der Waals surface area contributed by atoms with E-state index in [-0.39, 0.29) is 0 Å². The maximum absolute atomic E-state index is 10.4. The van der Waals surface area contributed by atoms with Gasteiger partial charge >= 0.3 is 0 Å². The summed E-state index contributed by atoms with van der Waals surface area (Å²) in [4.78, 5) is 2.37. The van der Waals surface area contributed by atoms with Crippen LogP contribution >= 0.6 is 11.6 Å². The van der Waals surface area contributed by atoms with Crippen molar-refractivity contribution in [2.75, 3.05) is 13.2 Å². The van der Waals surface area contributed by atoms with Crippen LogP contribution in [0.4, 0.5) is 0 Å². The van der Waals surface area contributed by atoms with Crippen LogP contribution in [0.1, 0.15) is 24.0 Å². The molecule has 1 atom stereocenters. The number of aliphatic hydroxyl groups excluding tert-OH is 1. The third kappa shape index (κ3) is 5.23. The van der Waals surface area contributed by atoms with Gasteiger partial charge in [0.15, 0.2) is 0 Å². The molecular weight excluding hydrogens is 322 g/mol. The van der Waals surface area contributed by atoms with Crippen LogP contribution in [0.15, 0.2) is 48.5 Å². The Morgan fingerprint density at radius 3 is 2.62 bits per heavy atom. The molecule has 0 aliphatic heterocycles. The van der Waals surface area contributed by atoms with Gasteiger partial charge in [-0.2, -0.15) is 0 Å². The lowest BCUT2D eigenvalue weighted by molar-refractivity contribution is 0.0626. The highest BCUT2D eigenvalue weighted by molar-refractivity contribution is 6.30. The van der Waals surface area contributed by atoms with Crippen molar-refractivity contribution in [1.29, 1.82) is 0 Å². The molecule has 0 spiro atoms. The number of ether oxygens (including phenoxy) is 1. The second kappa shape index (κ2) is 8.02. The Bertz CT molecular complexity index is 655. The summed E-state index contributed by atoms with van der Waals surface area (Å²) in [5.74, 6) is 0.732. The molecule has 1 fully saturated rings. The van der Waals surface area contributed by atoms with Gasteiger partial charge in [0.25, 0.3) is 0 Å². The Hall–Kier alpha value is -1.55. The maximum Gasteiger partial charge on any atom is 0.119 e. The lowest BCUT2D eigenvalue weighted by Crippen LogP contribution is -2.36. The number of benzene rings is 2. The Morgan fingerprint density at radius 1 is 1.21 bits per heavy atom. The fraction of sp³-hybridized carbons (Fsp3) is 0.400. The van der Waals surface area contributed by atoms with Crippen molar-refractivity contribution in [3.63, 3.8) is 0 Å². The first-order valence-electron chi connectivity index (χ1n) is 8.46. The number of hydrogen-bond acceptors (Lipinski definition) is 3. The number of aryl methyl sites for hydroxylation is 1. The van der Waals surface area contributed by atoms with E-state index in [1.54, 1.807) is 12.1 Å². The Balaban J connectivity index is 1.52. The van der Waals surface area contributed by atoms with Crippen LogP contribution in [0.2, 0.25) is 5.02 Å². The monoisotopic (exact) mass is 345 g/mol. The number of aliphatic hydroxyl groups is 1. The number of hydrogen-bond donors (Lipinski definition) is 1. The minimum Gasteiger partial charge on any atom is -0.491 e. The molecule has 0 amide bonds. The summed E-state index contributed by atoms with van der Waals surface area (Å²) < 4.78 is 5.66. The Labute approximate surface area is 148 Å². The molecule has 1 saturated carbocycles. The second-order valence-corrected chi connectivity index (χ2v) is 7.00. The quantitative estimate of drug-likeness (QED) is 0.783. The average molecular weight is 346 g/mol. The maximum atomic E-state index is 10.4. The van der Waals surface area contributed by atoms with Crippen LogP contribution in [-0.4, -0.2) is 35.3 Å². The van der Waals surface area contributed by atoms with Gasteiger partial charge in [0.1, 0.15) is 18.5 Å². The van der Waals surface area contributed by atoms with Crippen molar-refractivity contribution in [3.8, 4) is 5.75 Å². The zero-order valence-electron chi connectivity index (χ0n) is 14.0. The van der Waals surface area contributed by atoms with Crippen molar-refractivity contribution in [1.82, 2.24) is 4.90 Å². The van der Waals surface area contributed by atoms with Crippen LogP contribution in [0, 0.1) is 6.92 Å². The van der Waals surface area contributed by atoms with Gasteiger partial charge in [-0.15, -0.1) is 0 Å². The molecule has 0 radical (unpaired) electrons. The van der Waals surface area contributed by atoms with E-state index in [0.29, 0.717) is 24.2 Å². The van der Waals surface area contributed by atoms with E-state index in [1.165, 1.54) is 24.0 Å². The van der Waals surface area contributed by atoms with Gasteiger partial charge in [0.05, 0.1) is 0 Å². The first-order chi connectivity index (χ1) is 11.6. The normalized spacial score (nSPS) is 15.5. The summed E-state index contributed by atoms with van der Waals surface area (Å²) in [6.45, 7) is 3.91. The molecule has 3 nitrogen and oxygen atoms in total. The van der Waals surface area contributed by atoms with E-state index in [1.807, 2.05) is 12.1 Å². The molecular formula is C20H24ClNO2. The molecule has 3 rings (SSSR count). The Morgan fingerprint density at radius 2 is 1.96 bits per heavy atom. The first kappa shape index (κ1) is 17.3. The summed E-state index contributed by atoms with van der Waals surface area (Å²) in [6, 6.07) is 16.4. The zero-order chi connectivity index (χ0) is 16.9. The fourth-order valence-corrected chi connectivity index (χ4v) is 3.00. The minimum absolute atomic E-state index is 0.290. The molecule has 128 valence electrons. The third-order valence-corrected chi connectivity index (χ3v) is 4.48. The molecule has 1 unspecified atom stereocenters. The SMILES string of the molecule is Cc1cccc(CN(CC(O)COc2ccc(Cl)cc2)C2CC2)c1. The standard InChI is InChI=1S/C20H24ClNO2/c1-15-3-2-4-16(11-15)12-22(18-7-8-18)13-19(23)14-24-20-9-5-17(21)6-10-20/h2-6,9-11,18-19,23H,7-8,12-14H2,1H3. The van der Waals surface area contributed by atoms with E-state index in [0.717, 1.165) is 12.3 Å². The highest BCUT2D eigenvalue weighted by Crippen LogP contribution is 2.28. The molecule has 24 heavy (non-hydrogen) atoms. The van der Waals surface area contributed by atoms with E-state index >= 15 is 0 Å². The lowest BCUT2D eigenvalue weighted by Gasteiger charge is -2.25. The van der Waals surface area contributed by atoms with Gasteiger partial charge in [-0.3, -0.25) is 4.90 Å². The van der Waals surface area contributed by atoms with Crippen molar-refractivity contribution >= 4 is 11.6 Å². The molecule has 0 heterocycles. The van der Waals surface area contributed by atoms with Gasteiger partial charge in [-0.25, -0.2) is 0 Å². The van der Waals surface area contributed by atoms with Crippen LogP contribution in [0.5, 0.6) is 5.75 Å². The van der Waals surface area contributed by atoms with Crippen LogP contribution in [0.25, 0.3) is 0 Å². The summed E-state index contributed by atoms with van der Waals surface area (Å²) in [5, 5.41) is 11.0. The molecule has 0 saturated heterocycles. The van der Waals surface area contributed by atoms with E-state index in [2.05, 4.69) is 36.1 Å². The van der Waals surface area contributed by atoms with Gasteiger partial charge in [-0.1, -0.05) is 41.4 Å². The zero-order valence-corrected chi connectivity index (χ0v) is 14.7. The predicted molar refractivity (Wildman–Crippen MR) is 97.6 cm³/mol. The van der Waals surface area contributed by atoms with Crippen LogP contribution in [-0.2, 0) is 6.54 Å². The van der Waals surface area contributed by atoms with E-state index in [4.69, 9.17) is 16.3 Å². The van der Waals surface area contributed by atoms with E-state index in [9.17, 15) is 5.11 Å². The summed E-state index contributed by atoms with van der Waals surface area (Å²) in [6.07, 6.45) is 1.93. The van der Waals surface area contributed by atoms with Gasteiger partial charge in [-0.05, 0) is 49.6 Å². The number of rotatable bonds is 8. The molecule has 0 aromatic heterocycles. The largest absolute Gasteiger partial charge is 0.491 e. The predicted octanol–water partition coefficient (Wildman–Crippen LogP) is 4.05. The Kier molecular flexibility index (Phi) is 5.77. The fourth-order valence-electron chi connectivity index (χ4n) is 2.87. The molecule has 1 aliphatic carbocycles. The van der Waals surface area contributed by atoms with Gasteiger partial charge in [0.2, 0.25) is 0 Å². The van der Waals surface area contributed by atoms with Crippen molar-refractivity contribution in [2.45, 2.75) is 38.5 Å². The smallest absolute Gasteiger partial charge is 0.119 e. The number of halogens is 1. The highest BCUT2D eigenvalue weighted by atomic mass is 35.5. The third-order valence-electron chi connectivity index (χ3n) is 4.23. The second-order valence-electron chi connectivity index (χ2n) is 6.57. The van der Waals surface area contributed by atoms with Crippen molar-refractivity contribution < 1.29 is 9.84 Å². The molecule has 0 bridgehead atoms. The average Bonchev–Trinajstić information content (AvgIpc) is 3.39. The minimum atomic E-state index is -0.508. The summed E-state index contributed by atoms with van der Waals surface area (Å²) >= 11 is 5.86. The van der Waals surface area contributed by atoms with Crippen LogP contribution < -0.4 is 4.74 Å². The summed E-state index contributed by atoms with van der Waals surface area (Å²) in [7, 11) is 0. The lowest BCUT2D eigenvalue weighted by atomic mass is 10.1. The van der Waals surface area contributed by atoms with Gasteiger partial charge in [0, 0.05) is 24.2 Å². The molecule has 1 aliphatic rings. The van der Waals surface area contributed by atoms with Crippen molar-refractivity contribution in [3.05, 3.63) is 64.7 Å². The molecule has 4 heteroatoms. The van der Waals surface area contributed by atoms with Crippen molar-refractivity contribution in [2.24, 2.45) is 0 Å². The topological polar surface area (TPSA) is 32.7 Å². The molecule has 2 aromatic carbocycles. The van der Waals surface area contributed by atoms with E-state index < -0.39 is 6.10 Å². The highest BCUT2D eigenvalue weighted by Gasteiger charge is 2.30. The van der Waals surface area contributed by atoms with Gasteiger partial charge < -0.3 is 9.84 Å². The molecule has 2 aromatic rings. The number of nitrogens with zero attached hydrogens (tertiary/aromatic N) is 1. The summed E-state index contributed by atoms with van der Waals surface area (Å²) in [5.41, 5.74) is 2.57. The van der Waals surface area contributed by atoms with Crippen LogP contribution in [0.3, 0.4) is 0 Å². The molecule has 1 N–H and O–H groups in total. The first-order valence-corrected chi connectivity index (χ1v) is 8.84.